The molecule has 2 aromatic rings. The summed E-state index contributed by atoms with van der Waals surface area (Å²) in [6.07, 6.45) is 4.76. The highest BCUT2D eigenvalue weighted by atomic mass is 16.5. The summed E-state index contributed by atoms with van der Waals surface area (Å²) in [5.41, 5.74) is 2.17. The fraction of sp³-hybridized carbons (Fsp3) is 0.556. The summed E-state index contributed by atoms with van der Waals surface area (Å²) in [5, 5.41) is 4.80. The van der Waals surface area contributed by atoms with Crippen LogP contribution in [0.4, 0.5) is 0 Å². The Morgan fingerprint density at radius 3 is 2.71 bits per heavy atom. The van der Waals surface area contributed by atoms with Gasteiger partial charge in [0.05, 0.1) is 13.2 Å². The Kier molecular flexibility index (Phi) is 4.20. The summed E-state index contributed by atoms with van der Waals surface area (Å²) < 4.78 is 11.7. The third-order valence-electron chi connectivity index (χ3n) is 4.30. The van der Waals surface area contributed by atoms with Gasteiger partial charge in [0.25, 0.3) is 0 Å². The number of fused-ring (bicyclic) bond motifs is 1. The number of rotatable bonds is 7. The first kappa shape index (κ1) is 14.5. The second kappa shape index (κ2) is 6.10. The minimum Gasteiger partial charge on any atom is -0.493 e. The van der Waals surface area contributed by atoms with Crippen LogP contribution >= 0.6 is 0 Å². The third kappa shape index (κ3) is 2.93. The molecule has 1 aliphatic rings. The molecule has 1 unspecified atom stereocenters. The second-order valence-corrected chi connectivity index (χ2v) is 5.99. The lowest BCUT2D eigenvalue weighted by atomic mass is 10.1. The molecule has 114 valence electrons. The van der Waals surface area contributed by atoms with Gasteiger partial charge in [0.15, 0.2) is 11.3 Å². The molecule has 3 rings (SSSR count). The molecule has 0 aliphatic heterocycles. The molecule has 1 heterocycles. The molecule has 1 saturated carbocycles. The van der Waals surface area contributed by atoms with E-state index in [1.54, 1.807) is 7.11 Å². The van der Waals surface area contributed by atoms with Crippen LogP contribution in [0.25, 0.3) is 11.0 Å². The van der Waals surface area contributed by atoms with Gasteiger partial charge in [0.1, 0.15) is 5.76 Å². The average Bonchev–Trinajstić information content (AvgIpc) is 3.25. The Labute approximate surface area is 126 Å². The van der Waals surface area contributed by atoms with E-state index in [4.69, 9.17) is 9.15 Å². The van der Waals surface area contributed by atoms with Gasteiger partial charge in [-0.1, -0.05) is 13.8 Å². The van der Waals surface area contributed by atoms with E-state index in [0.717, 1.165) is 47.8 Å². The summed E-state index contributed by atoms with van der Waals surface area (Å²) in [6, 6.07) is 6.85. The van der Waals surface area contributed by atoms with Crippen LogP contribution in [0.2, 0.25) is 0 Å². The Bertz CT molecular complexity index is 613. The summed E-state index contributed by atoms with van der Waals surface area (Å²) in [5.74, 6) is 2.64. The van der Waals surface area contributed by atoms with E-state index in [9.17, 15) is 0 Å². The van der Waals surface area contributed by atoms with Crippen molar-refractivity contribution in [1.82, 2.24) is 5.32 Å². The number of benzene rings is 1. The minimum atomic E-state index is 0.354. The van der Waals surface area contributed by atoms with Gasteiger partial charge < -0.3 is 14.5 Å². The van der Waals surface area contributed by atoms with Crippen molar-refractivity contribution in [3.8, 4) is 5.75 Å². The topological polar surface area (TPSA) is 34.4 Å². The van der Waals surface area contributed by atoms with E-state index in [2.05, 4.69) is 37.4 Å². The predicted molar refractivity (Wildman–Crippen MR) is 85.9 cm³/mol. The molecule has 0 saturated heterocycles. The number of nitrogens with one attached hydrogen (secondary N) is 1. The molecule has 1 atom stereocenters. The van der Waals surface area contributed by atoms with Gasteiger partial charge in [0, 0.05) is 5.39 Å². The van der Waals surface area contributed by atoms with Crippen LogP contribution < -0.4 is 10.1 Å². The van der Waals surface area contributed by atoms with E-state index in [0.29, 0.717) is 6.04 Å². The van der Waals surface area contributed by atoms with Gasteiger partial charge >= 0.3 is 0 Å². The van der Waals surface area contributed by atoms with Crippen LogP contribution in [0.5, 0.6) is 5.75 Å². The highest BCUT2D eigenvalue weighted by molar-refractivity contribution is 5.84. The Balaban J connectivity index is 1.98. The maximum atomic E-state index is 6.16. The maximum Gasteiger partial charge on any atom is 0.176 e. The van der Waals surface area contributed by atoms with Crippen molar-refractivity contribution in [2.75, 3.05) is 13.7 Å². The quantitative estimate of drug-likeness (QED) is 0.816. The van der Waals surface area contributed by atoms with E-state index < -0.39 is 0 Å². The standard InChI is InChI=1S/C18H25NO2/c1-4-8-19-17(13-6-7-13)15-11-14-9-12(5-2)10-16(20-3)18(14)21-15/h9-11,13,17,19H,4-8H2,1-3H3. The molecule has 0 bridgehead atoms. The largest absolute Gasteiger partial charge is 0.493 e. The van der Waals surface area contributed by atoms with Crippen molar-refractivity contribution in [2.45, 2.75) is 45.6 Å². The first-order chi connectivity index (χ1) is 10.3. The molecule has 1 N–H and O–H groups in total. The van der Waals surface area contributed by atoms with Gasteiger partial charge in [0.2, 0.25) is 0 Å². The lowest BCUT2D eigenvalue weighted by Crippen LogP contribution is -2.23. The van der Waals surface area contributed by atoms with Crippen LogP contribution in [0.15, 0.2) is 22.6 Å². The van der Waals surface area contributed by atoms with E-state index >= 15 is 0 Å². The fourth-order valence-corrected chi connectivity index (χ4v) is 2.94. The fourth-order valence-electron chi connectivity index (χ4n) is 2.94. The number of aryl methyl sites for hydroxylation is 1. The molecule has 0 amide bonds. The van der Waals surface area contributed by atoms with Gasteiger partial charge in [-0.15, -0.1) is 0 Å². The molecule has 0 radical (unpaired) electrons. The molecule has 1 aliphatic carbocycles. The van der Waals surface area contributed by atoms with Crippen molar-refractivity contribution < 1.29 is 9.15 Å². The number of furan rings is 1. The molecular formula is C18H25NO2. The Hall–Kier alpha value is -1.48. The SMILES string of the molecule is CCCNC(c1cc2cc(CC)cc(OC)c2o1)C1CC1. The van der Waals surface area contributed by atoms with E-state index in [1.807, 2.05) is 0 Å². The zero-order chi connectivity index (χ0) is 14.8. The lowest BCUT2D eigenvalue weighted by molar-refractivity contribution is 0.380. The van der Waals surface area contributed by atoms with Crippen LogP contribution in [0.1, 0.15) is 50.5 Å². The first-order valence-corrected chi connectivity index (χ1v) is 8.10. The van der Waals surface area contributed by atoms with Gasteiger partial charge in [-0.3, -0.25) is 0 Å². The van der Waals surface area contributed by atoms with Crippen LogP contribution in [-0.4, -0.2) is 13.7 Å². The molecule has 3 heteroatoms. The molecule has 0 spiro atoms. The molecule has 1 aromatic heterocycles. The highest BCUT2D eigenvalue weighted by Gasteiger charge is 2.34. The summed E-state index contributed by atoms with van der Waals surface area (Å²) in [4.78, 5) is 0. The van der Waals surface area contributed by atoms with Gasteiger partial charge in [-0.2, -0.15) is 0 Å². The molecule has 21 heavy (non-hydrogen) atoms. The summed E-state index contributed by atoms with van der Waals surface area (Å²) in [6.45, 7) is 5.40. The van der Waals surface area contributed by atoms with Gasteiger partial charge in [-0.05, 0) is 61.9 Å². The van der Waals surface area contributed by atoms with Crippen molar-refractivity contribution in [1.29, 1.82) is 0 Å². The van der Waals surface area contributed by atoms with Gasteiger partial charge in [-0.25, -0.2) is 0 Å². The first-order valence-electron chi connectivity index (χ1n) is 8.10. The molecular weight excluding hydrogens is 262 g/mol. The number of hydrogen-bond acceptors (Lipinski definition) is 3. The Morgan fingerprint density at radius 1 is 1.29 bits per heavy atom. The average molecular weight is 287 g/mol. The number of methoxy groups -OCH3 is 1. The van der Waals surface area contributed by atoms with Crippen LogP contribution in [-0.2, 0) is 6.42 Å². The highest BCUT2D eigenvalue weighted by Crippen LogP contribution is 2.43. The molecule has 3 nitrogen and oxygen atoms in total. The smallest absolute Gasteiger partial charge is 0.176 e. The van der Waals surface area contributed by atoms with Crippen LogP contribution in [0.3, 0.4) is 0 Å². The van der Waals surface area contributed by atoms with Crippen molar-refractivity contribution in [3.63, 3.8) is 0 Å². The second-order valence-electron chi connectivity index (χ2n) is 5.99. The zero-order valence-electron chi connectivity index (χ0n) is 13.2. The normalized spacial score (nSPS) is 16.3. The molecule has 1 aromatic carbocycles. The lowest BCUT2D eigenvalue weighted by Gasteiger charge is -2.14. The third-order valence-corrected chi connectivity index (χ3v) is 4.30. The van der Waals surface area contributed by atoms with Crippen molar-refractivity contribution in [3.05, 3.63) is 29.5 Å². The summed E-state index contributed by atoms with van der Waals surface area (Å²) >= 11 is 0. The summed E-state index contributed by atoms with van der Waals surface area (Å²) in [7, 11) is 1.71. The minimum absolute atomic E-state index is 0.354. The number of hydrogen-bond donors (Lipinski definition) is 1. The van der Waals surface area contributed by atoms with Crippen molar-refractivity contribution in [2.24, 2.45) is 5.92 Å². The Morgan fingerprint density at radius 2 is 2.10 bits per heavy atom. The van der Waals surface area contributed by atoms with Crippen LogP contribution in [0, 0.1) is 5.92 Å². The zero-order valence-corrected chi connectivity index (χ0v) is 13.2. The van der Waals surface area contributed by atoms with Crippen molar-refractivity contribution >= 4 is 11.0 Å². The number of ether oxygens (including phenoxy) is 1. The maximum absolute atomic E-state index is 6.16. The monoisotopic (exact) mass is 287 g/mol. The van der Waals surface area contributed by atoms with E-state index in [-0.39, 0.29) is 0 Å². The van der Waals surface area contributed by atoms with E-state index in [1.165, 1.54) is 18.4 Å². The predicted octanol–water partition coefficient (Wildman–Crippen LogP) is 4.45. The molecule has 1 fully saturated rings.